The molecule has 22 heavy (non-hydrogen) atoms. The van der Waals surface area contributed by atoms with Gasteiger partial charge in [-0.3, -0.25) is 14.6 Å². The lowest BCUT2D eigenvalue weighted by Crippen LogP contribution is -2.33. The topological polar surface area (TPSA) is 62.3 Å². The number of anilines is 2. The molecule has 1 atom stereocenters. The van der Waals surface area contributed by atoms with Gasteiger partial charge in [-0.05, 0) is 36.8 Å². The molecular weight excluding hydrogens is 346 g/mol. The minimum absolute atomic E-state index is 0.162. The first-order chi connectivity index (χ1) is 10.6. The summed E-state index contributed by atoms with van der Waals surface area (Å²) in [6, 6.07) is 10.9. The van der Waals surface area contributed by atoms with Crippen LogP contribution in [-0.4, -0.2) is 23.3 Å². The lowest BCUT2D eigenvalue weighted by molar-refractivity contribution is -0.129. The molecule has 0 aliphatic carbocycles. The van der Waals surface area contributed by atoms with Crippen LogP contribution >= 0.6 is 15.9 Å². The zero-order chi connectivity index (χ0) is 15.5. The first-order valence-corrected chi connectivity index (χ1v) is 7.72. The molecule has 1 unspecified atom stereocenters. The third kappa shape index (κ3) is 3.01. The molecular formula is C16H14BrN3O2. The number of halogens is 1. The second-order valence-corrected chi connectivity index (χ2v) is 5.95. The van der Waals surface area contributed by atoms with Crippen LogP contribution in [0.1, 0.15) is 6.42 Å². The van der Waals surface area contributed by atoms with Crippen LogP contribution in [0.2, 0.25) is 0 Å². The van der Waals surface area contributed by atoms with E-state index in [2.05, 4.69) is 26.2 Å². The molecule has 5 nitrogen and oxygen atoms in total. The maximum absolute atomic E-state index is 12.5. The number of aromatic nitrogens is 1. The monoisotopic (exact) mass is 359 g/mol. The van der Waals surface area contributed by atoms with Gasteiger partial charge in [-0.15, -0.1) is 0 Å². The van der Waals surface area contributed by atoms with Crippen molar-refractivity contribution in [2.45, 2.75) is 6.42 Å². The molecule has 112 valence electrons. The first-order valence-electron chi connectivity index (χ1n) is 6.93. The zero-order valence-corrected chi connectivity index (χ0v) is 13.3. The van der Waals surface area contributed by atoms with Gasteiger partial charge in [-0.1, -0.05) is 22.0 Å². The smallest absolute Gasteiger partial charge is 0.239 e. The van der Waals surface area contributed by atoms with Gasteiger partial charge in [0.25, 0.3) is 0 Å². The summed E-state index contributed by atoms with van der Waals surface area (Å²) in [4.78, 5) is 30.3. The van der Waals surface area contributed by atoms with Gasteiger partial charge in [0.15, 0.2) is 0 Å². The van der Waals surface area contributed by atoms with Crippen LogP contribution in [0, 0.1) is 5.92 Å². The van der Waals surface area contributed by atoms with Crippen molar-refractivity contribution in [3.8, 4) is 0 Å². The van der Waals surface area contributed by atoms with Crippen molar-refractivity contribution in [1.29, 1.82) is 0 Å². The van der Waals surface area contributed by atoms with E-state index in [1.54, 1.807) is 29.4 Å². The van der Waals surface area contributed by atoms with E-state index in [1.807, 2.05) is 24.3 Å². The summed E-state index contributed by atoms with van der Waals surface area (Å²) >= 11 is 3.39. The van der Waals surface area contributed by atoms with Crippen LogP contribution in [0.25, 0.3) is 0 Å². The molecule has 2 aromatic rings. The van der Waals surface area contributed by atoms with E-state index in [9.17, 15) is 9.59 Å². The van der Waals surface area contributed by atoms with Gasteiger partial charge in [0.1, 0.15) is 5.92 Å². The summed E-state index contributed by atoms with van der Waals surface area (Å²) in [5, 5.41) is 2.76. The Balaban J connectivity index is 1.72. The maximum Gasteiger partial charge on any atom is 0.239 e. The highest BCUT2D eigenvalue weighted by Crippen LogP contribution is 2.28. The first kappa shape index (κ1) is 14.7. The summed E-state index contributed by atoms with van der Waals surface area (Å²) in [5.74, 6) is -1.08. The Morgan fingerprint density at radius 1 is 1.27 bits per heavy atom. The molecule has 1 aliphatic heterocycles. The molecule has 3 rings (SSSR count). The van der Waals surface area contributed by atoms with Crippen molar-refractivity contribution in [3.05, 3.63) is 53.3 Å². The molecule has 0 spiro atoms. The van der Waals surface area contributed by atoms with Crippen molar-refractivity contribution in [3.63, 3.8) is 0 Å². The van der Waals surface area contributed by atoms with Crippen LogP contribution in [0.5, 0.6) is 0 Å². The van der Waals surface area contributed by atoms with E-state index in [1.165, 1.54) is 0 Å². The van der Waals surface area contributed by atoms with Crippen molar-refractivity contribution in [2.24, 2.45) is 5.92 Å². The molecule has 1 aromatic heterocycles. The average molecular weight is 360 g/mol. The van der Waals surface area contributed by atoms with Crippen LogP contribution < -0.4 is 10.2 Å². The minimum Gasteiger partial charge on any atom is -0.325 e. The lowest BCUT2D eigenvalue weighted by Gasteiger charge is -2.17. The fraction of sp³-hybridized carbons (Fsp3) is 0.188. The zero-order valence-electron chi connectivity index (χ0n) is 11.7. The predicted molar refractivity (Wildman–Crippen MR) is 87.5 cm³/mol. The number of benzene rings is 1. The van der Waals surface area contributed by atoms with Gasteiger partial charge in [-0.25, -0.2) is 0 Å². The highest BCUT2D eigenvalue weighted by Gasteiger charge is 2.37. The van der Waals surface area contributed by atoms with Crippen LogP contribution in [0.15, 0.2) is 53.3 Å². The van der Waals surface area contributed by atoms with Gasteiger partial charge in [0.05, 0.1) is 0 Å². The Labute approximate surface area is 136 Å². The molecule has 1 saturated heterocycles. The molecule has 1 aliphatic rings. The van der Waals surface area contributed by atoms with Crippen molar-refractivity contribution in [1.82, 2.24) is 4.98 Å². The van der Waals surface area contributed by atoms with Crippen molar-refractivity contribution < 1.29 is 9.59 Å². The third-order valence-corrected chi connectivity index (χ3v) is 4.08. The van der Waals surface area contributed by atoms with E-state index in [0.717, 1.165) is 10.2 Å². The number of carbonyl (C=O) groups excluding carboxylic acids is 2. The summed E-state index contributed by atoms with van der Waals surface area (Å²) < 4.78 is 0.905. The molecule has 2 amide bonds. The largest absolute Gasteiger partial charge is 0.325 e. The molecule has 0 saturated carbocycles. The van der Waals surface area contributed by atoms with Gasteiger partial charge < -0.3 is 10.2 Å². The highest BCUT2D eigenvalue weighted by molar-refractivity contribution is 9.10. The second kappa shape index (κ2) is 6.27. The number of nitrogens with zero attached hydrogens (tertiary/aromatic N) is 2. The minimum atomic E-state index is -0.646. The molecule has 6 heteroatoms. The fourth-order valence-corrected chi connectivity index (χ4v) is 2.88. The summed E-state index contributed by atoms with van der Waals surface area (Å²) in [6.45, 7) is 0.545. The Hall–Kier alpha value is -2.21. The lowest BCUT2D eigenvalue weighted by atomic mass is 10.1. The second-order valence-electron chi connectivity index (χ2n) is 5.04. The summed E-state index contributed by atoms with van der Waals surface area (Å²) in [6.07, 6.45) is 3.71. The van der Waals surface area contributed by atoms with E-state index >= 15 is 0 Å². The average Bonchev–Trinajstić information content (AvgIpc) is 2.90. The van der Waals surface area contributed by atoms with Crippen LogP contribution in [-0.2, 0) is 9.59 Å². The number of hydrogen-bond donors (Lipinski definition) is 1. The van der Waals surface area contributed by atoms with E-state index in [0.29, 0.717) is 18.7 Å². The number of rotatable bonds is 3. The molecule has 0 bridgehead atoms. The Morgan fingerprint density at radius 3 is 2.77 bits per heavy atom. The van der Waals surface area contributed by atoms with Crippen molar-refractivity contribution >= 4 is 39.1 Å². The standard InChI is InChI=1S/C16H14BrN3O2/c17-11-2-1-3-13(10-11)20-9-6-14(16(20)22)15(21)19-12-4-7-18-8-5-12/h1-5,7-8,10,14H,6,9H2,(H,18,19,21). The van der Waals surface area contributed by atoms with E-state index < -0.39 is 5.92 Å². The molecule has 2 heterocycles. The molecule has 1 N–H and O–H groups in total. The summed E-state index contributed by atoms with van der Waals surface area (Å²) in [7, 11) is 0. The predicted octanol–water partition coefficient (Wildman–Crippen LogP) is 2.84. The van der Waals surface area contributed by atoms with Crippen molar-refractivity contribution in [2.75, 3.05) is 16.8 Å². The molecule has 0 radical (unpaired) electrons. The Kier molecular flexibility index (Phi) is 4.20. The van der Waals surface area contributed by atoms with Gasteiger partial charge >= 0.3 is 0 Å². The third-order valence-electron chi connectivity index (χ3n) is 3.59. The van der Waals surface area contributed by atoms with Crippen LogP contribution in [0.4, 0.5) is 11.4 Å². The summed E-state index contributed by atoms with van der Waals surface area (Å²) in [5.41, 5.74) is 1.45. The van der Waals surface area contributed by atoms with Gasteiger partial charge in [0.2, 0.25) is 11.8 Å². The van der Waals surface area contributed by atoms with Crippen LogP contribution in [0.3, 0.4) is 0 Å². The Morgan fingerprint density at radius 2 is 2.05 bits per heavy atom. The number of nitrogens with one attached hydrogen (secondary N) is 1. The quantitative estimate of drug-likeness (QED) is 0.857. The van der Waals surface area contributed by atoms with E-state index in [4.69, 9.17) is 0 Å². The Bertz CT molecular complexity index is 706. The normalized spacial score (nSPS) is 17.6. The fourth-order valence-electron chi connectivity index (χ4n) is 2.49. The number of amides is 2. The SMILES string of the molecule is O=C(Nc1ccncc1)C1CCN(c2cccc(Br)c2)C1=O. The van der Waals surface area contributed by atoms with Gasteiger partial charge in [0, 0.05) is 34.8 Å². The highest BCUT2D eigenvalue weighted by atomic mass is 79.9. The maximum atomic E-state index is 12.5. The molecule has 1 aromatic carbocycles. The number of hydrogen-bond acceptors (Lipinski definition) is 3. The molecule has 1 fully saturated rings. The number of pyridine rings is 1. The van der Waals surface area contributed by atoms with E-state index in [-0.39, 0.29) is 11.8 Å². The number of carbonyl (C=O) groups is 2. The van der Waals surface area contributed by atoms with Gasteiger partial charge in [-0.2, -0.15) is 0 Å².